The number of aromatic nitrogens is 3. The number of rotatable bonds is 6. The van der Waals surface area contributed by atoms with Gasteiger partial charge in [0.1, 0.15) is 6.04 Å². The molecule has 1 aromatic carbocycles. The first-order valence-corrected chi connectivity index (χ1v) is 11.0. The number of aryl methyl sites for hydroxylation is 1. The molecule has 3 N–H and O–H groups in total. The van der Waals surface area contributed by atoms with Gasteiger partial charge in [0.05, 0.1) is 5.57 Å². The summed E-state index contributed by atoms with van der Waals surface area (Å²) in [5, 5.41) is 10.00. The van der Waals surface area contributed by atoms with Crippen molar-refractivity contribution >= 4 is 28.9 Å². The molecule has 0 saturated carbocycles. The number of allylic oxidation sites excluding steroid dienone is 1. The number of primary amides is 1. The third-order valence-corrected chi connectivity index (χ3v) is 6.59. The normalized spacial score (nSPS) is 15.7. The minimum atomic E-state index is -0.455. The second kappa shape index (κ2) is 7.95. The van der Waals surface area contributed by atoms with Gasteiger partial charge in [0.25, 0.3) is 0 Å². The maximum absolute atomic E-state index is 12.3. The molecule has 1 aliphatic heterocycles. The average Bonchev–Trinajstić information content (AvgIpc) is 3.34. The Bertz CT molecular complexity index is 1110. The number of nitrogens with zero attached hydrogens (tertiary/aromatic N) is 4. The van der Waals surface area contributed by atoms with Crippen molar-refractivity contribution in [2.24, 2.45) is 5.73 Å². The van der Waals surface area contributed by atoms with E-state index >= 15 is 0 Å². The first-order valence-electron chi connectivity index (χ1n) is 10.1. The lowest BCUT2D eigenvalue weighted by atomic mass is 9.99. The predicted octanol–water partition coefficient (Wildman–Crippen LogP) is 3.94. The van der Waals surface area contributed by atoms with Gasteiger partial charge in [-0.25, -0.2) is 4.68 Å². The number of carbonyl (C=O) groups is 1. The Balaban J connectivity index is 1.77. The maximum Gasteiger partial charge on any atom is 0.248 e. The van der Waals surface area contributed by atoms with Crippen molar-refractivity contribution in [3.63, 3.8) is 0 Å². The summed E-state index contributed by atoms with van der Waals surface area (Å²) in [4.78, 5) is 20.3. The van der Waals surface area contributed by atoms with Crippen LogP contribution in [0.1, 0.15) is 37.3 Å². The Morgan fingerprint density at radius 2 is 1.90 bits per heavy atom. The van der Waals surface area contributed by atoms with Crippen molar-refractivity contribution in [1.29, 1.82) is 0 Å². The van der Waals surface area contributed by atoms with Gasteiger partial charge >= 0.3 is 0 Å². The maximum atomic E-state index is 12.3. The number of amides is 1. The van der Waals surface area contributed by atoms with E-state index in [1.807, 2.05) is 37.4 Å². The first-order chi connectivity index (χ1) is 14.4. The Morgan fingerprint density at radius 3 is 2.47 bits per heavy atom. The molecule has 1 amide bonds. The number of thiophene rings is 1. The number of hydrogen-bond acceptors (Lipinski definition) is 6. The number of carbonyl (C=O) groups excluding carboxylic acids is 1. The van der Waals surface area contributed by atoms with E-state index in [2.05, 4.69) is 36.2 Å². The zero-order chi connectivity index (χ0) is 21.4. The van der Waals surface area contributed by atoms with Crippen molar-refractivity contribution in [3.05, 3.63) is 57.4 Å². The lowest BCUT2D eigenvalue weighted by molar-refractivity contribution is -0.115. The average molecular weight is 423 g/mol. The fourth-order valence-electron chi connectivity index (χ4n) is 3.91. The van der Waals surface area contributed by atoms with Crippen molar-refractivity contribution in [3.8, 4) is 11.4 Å². The molecule has 8 heteroatoms. The van der Waals surface area contributed by atoms with Crippen molar-refractivity contribution in [2.75, 3.05) is 23.3 Å². The van der Waals surface area contributed by atoms with Crippen LogP contribution in [0.2, 0.25) is 0 Å². The molecular formula is C22H26N6OS. The van der Waals surface area contributed by atoms with Crippen LogP contribution in [0.25, 0.3) is 11.4 Å². The summed E-state index contributed by atoms with van der Waals surface area (Å²) in [6, 6.07) is 9.92. The van der Waals surface area contributed by atoms with E-state index < -0.39 is 5.91 Å². The Hall–Kier alpha value is -3.13. The number of fused-ring (bicyclic) bond motifs is 1. The molecular weight excluding hydrogens is 396 g/mol. The fraction of sp³-hybridized carbons (Fsp3) is 0.318. The van der Waals surface area contributed by atoms with Gasteiger partial charge in [-0.15, -0.1) is 16.4 Å². The molecule has 0 radical (unpaired) electrons. The molecule has 0 spiro atoms. The molecule has 1 aliphatic rings. The molecule has 1 atom stereocenters. The van der Waals surface area contributed by atoms with Crippen LogP contribution in [0, 0.1) is 6.92 Å². The van der Waals surface area contributed by atoms with Gasteiger partial charge in [-0.3, -0.25) is 4.79 Å². The van der Waals surface area contributed by atoms with E-state index in [1.54, 1.807) is 16.0 Å². The monoisotopic (exact) mass is 422 g/mol. The zero-order valence-corrected chi connectivity index (χ0v) is 18.5. The minimum Gasteiger partial charge on any atom is -0.372 e. The Kier molecular flexibility index (Phi) is 5.34. The van der Waals surface area contributed by atoms with Crippen LogP contribution < -0.4 is 16.0 Å². The van der Waals surface area contributed by atoms with Crippen LogP contribution >= 0.6 is 11.3 Å². The van der Waals surface area contributed by atoms with E-state index in [9.17, 15) is 4.79 Å². The minimum absolute atomic E-state index is 0.380. The highest BCUT2D eigenvalue weighted by Gasteiger charge is 2.34. The number of benzene rings is 1. The van der Waals surface area contributed by atoms with Crippen LogP contribution in [-0.4, -0.2) is 33.8 Å². The highest BCUT2D eigenvalue weighted by molar-refractivity contribution is 7.10. The fourth-order valence-corrected chi connectivity index (χ4v) is 4.93. The van der Waals surface area contributed by atoms with Gasteiger partial charge in [-0.05, 0) is 69.0 Å². The second-order valence-electron chi connectivity index (χ2n) is 7.32. The number of hydrogen-bond donors (Lipinski definition) is 2. The molecule has 30 heavy (non-hydrogen) atoms. The van der Waals surface area contributed by atoms with Crippen LogP contribution in [0.3, 0.4) is 0 Å². The van der Waals surface area contributed by atoms with Crippen molar-refractivity contribution in [2.45, 2.75) is 33.7 Å². The Labute approximate surface area is 180 Å². The van der Waals surface area contributed by atoms with E-state index in [1.165, 1.54) is 5.69 Å². The van der Waals surface area contributed by atoms with Crippen LogP contribution in [0.4, 0.5) is 11.6 Å². The molecule has 0 aliphatic carbocycles. The molecule has 4 rings (SSSR count). The second-order valence-corrected chi connectivity index (χ2v) is 8.27. The third kappa shape index (κ3) is 3.37. The predicted molar refractivity (Wildman–Crippen MR) is 122 cm³/mol. The summed E-state index contributed by atoms with van der Waals surface area (Å²) < 4.78 is 1.78. The Morgan fingerprint density at radius 1 is 1.20 bits per heavy atom. The van der Waals surface area contributed by atoms with Crippen molar-refractivity contribution < 1.29 is 4.79 Å². The van der Waals surface area contributed by atoms with Crippen LogP contribution in [-0.2, 0) is 4.79 Å². The molecule has 0 bridgehead atoms. The molecule has 3 heterocycles. The molecule has 1 unspecified atom stereocenters. The topological polar surface area (TPSA) is 89.1 Å². The van der Waals surface area contributed by atoms with Crippen molar-refractivity contribution in [1.82, 2.24) is 14.8 Å². The smallest absolute Gasteiger partial charge is 0.248 e. The summed E-state index contributed by atoms with van der Waals surface area (Å²) in [6.45, 7) is 10.1. The van der Waals surface area contributed by atoms with E-state index in [4.69, 9.17) is 15.8 Å². The van der Waals surface area contributed by atoms with Gasteiger partial charge in [0.15, 0.2) is 5.82 Å². The van der Waals surface area contributed by atoms with Crippen LogP contribution in [0.5, 0.6) is 0 Å². The zero-order valence-electron chi connectivity index (χ0n) is 17.6. The molecule has 156 valence electrons. The summed E-state index contributed by atoms with van der Waals surface area (Å²) in [6.07, 6.45) is 0. The molecule has 3 aromatic rings. The van der Waals surface area contributed by atoms with Crippen LogP contribution in [0.15, 0.2) is 47.0 Å². The van der Waals surface area contributed by atoms with Gasteiger partial charge in [0.2, 0.25) is 11.9 Å². The molecule has 0 saturated heterocycles. The molecule has 7 nitrogen and oxygen atoms in total. The summed E-state index contributed by atoms with van der Waals surface area (Å²) in [7, 11) is 0. The largest absolute Gasteiger partial charge is 0.372 e. The SMILES string of the molecule is CCN(CC)c1ccc(-c2nc3n(n2)C(c2sccc2C)C(C(N)=O)=C(C)N3)cc1. The standard InChI is InChI=1S/C22H26N6OS/c1-5-27(6-2)16-9-7-15(8-10-16)21-25-22-24-14(4)17(20(23)29)18(28(22)26-21)19-13(3)11-12-30-19/h7-12,18H,5-6H2,1-4H3,(H2,23,29)(H,24,25,26). The quantitative estimate of drug-likeness (QED) is 0.628. The van der Waals surface area contributed by atoms with Gasteiger partial charge < -0.3 is 16.0 Å². The number of anilines is 2. The van der Waals surface area contributed by atoms with E-state index in [-0.39, 0.29) is 6.04 Å². The van der Waals surface area contributed by atoms with E-state index in [0.29, 0.717) is 23.0 Å². The summed E-state index contributed by atoms with van der Waals surface area (Å²) in [5.74, 6) is 0.767. The highest BCUT2D eigenvalue weighted by Crippen LogP contribution is 2.39. The van der Waals surface area contributed by atoms with Gasteiger partial charge in [-0.1, -0.05) is 0 Å². The highest BCUT2D eigenvalue weighted by atomic mass is 32.1. The third-order valence-electron chi connectivity index (χ3n) is 5.52. The summed E-state index contributed by atoms with van der Waals surface area (Å²) >= 11 is 1.59. The molecule has 2 aromatic heterocycles. The number of nitrogens with one attached hydrogen (secondary N) is 1. The molecule has 0 fully saturated rings. The lowest BCUT2D eigenvalue weighted by Crippen LogP contribution is -2.31. The van der Waals surface area contributed by atoms with E-state index in [0.717, 1.165) is 29.1 Å². The number of nitrogens with two attached hydrogens (primary N) is 1. The summed E-state index contributed by atoms with van der Waals surface area (Å²) in [5.41, 5.74) is 10.2. The van der Waals surface area contributed by atoms with Gasteiger partial charge in [0, 0.05) is 34.9 Å². The first kappa shape index (κ1) is 20.2. The lowest BCUT2D eigenvalue weighted by Gasteiger charge is -2.27. The van der Waals surface area contributed by atoms with Gasteiger partial charge in [-0.2, -0.15) is 4.98 Å².